The van der Waals surface area contributed by atoms with Crippen LogP contribution in [0.2, 0.25) is 0 Å². The highest BCUT2D eigenvalue weighted by molar-refractivity contribution is 7.99. The molecule has 2 aliphatic carbocycles. The van der Waals surface area contributed by atoms with Crippen molar-refractivity contribution in [2.45, 2.75) is 57.1 Å². The molecule has 5 nitrogen and oxygen atoms in total. The molecule has 0 aliphatic heterocycles. The van der Waals surface area contributed by atoms with E-state index in [0.717, 1.165) is 41.8 Å². The molecule has 2 rings (SSSR count). The number of carbonyl (C=O) groups is 2. The van der Waals surface area contributed by atoms with Crippen LogP contribution in [0.4, 0.5) is 4.79 Å². The van der Waals surface area contributed by atoms with Gasteiger partial charge >= 0.3 is 12.1 Å². The Morgan fingerprint density at radius 2 is 2.12 bits per heavy atom. The number of hydrogen-bond donors (Lipinski definition) is 2. The average molecular weight is 388 g/mol. The van der Waals surface area contributed by atoms with Crippen molar-refractivity contribution >= 4 is 35.6 Å². The van der Waals surface area contributed by atoms with Gasteiger partial charge in [-0.25, -0.2) is 4.79 Å². The first-order valence-electron chi connectivity index (χ1n) is 8.83. The largest absolute Gasteiger partial charge is 0.480 e. The second-order valence-corrected chi connectivity index (χ2v) is 8.25. The van der Waals surface area contributed by atoms with Crippen LogP contribution in [0.25, 0.3) is 0 Å². The molecule has 0 heterocycles. The van der Waals surface area contributed by atoms with E-state index in [4.69, 9.17) is 16.3 Å². The number of halogens is 1. The van der Waals surface area contributed by atoms with Crippen molar-refractivity contribution in [1.29, 1.82) is 0 Å². The Hall–Kier alpha value is -1.14. The van der Waals surface area contributed by atoms with Crippen LogP contribution in [0.5, 0.6) is 0 Å². The van der Waals surface area contributed by atoms with Gasteiger partial charge in [0, 0.05) is 5.03 Å². The highest BCUT2D eigenvalue weighted by Gasteiger charge is 2.25. The molecule has 0 bridgehead atoms. The third-order valence-corrected chi connectivity index (χ3v) is 6.17. The molecule has 1 saturated carbocycles. The van der Waals surface area contributed by atoms with Crippen LogP contribution >= 0.6 is 23.5 Å². The normalized spacial score (nSPS) is 22.6. The van der Waals surface area contributed by atoms with Gasteiger partial charge in [-0.2, -0.15) is 0 Å². The summed E-state index contributed by atoms with van der Waals surface area (Å²) in [4.78, 5) is 23.2. The number of ether oxygens (including phenoxy) is 1. The minimum atomic E-state index is -0.894. The van der Waals surface area contributed by atoms with Crippen molar-refractivity contribution in [3.63, 3.8) is 0 Å². The van der Waals surface area contributed by atoms with Crippen molar-refractivity contribution < 1.29 is 19.4 Å². The van der Waals surface area contributed by atoms with Crippen LogP contribution in [0.15, 0.2) is 22.8 Å². The Balaban J connectivity index is 1.72. The van der Waals surface area contributed by atoms with Crippen LogP contribution in [0.1, 0.15) is 51.9 Å². The van der Waals surface area contributed by atoms with Crippen LogP contribution in [-0.4, -0.2) is 29.0 Å². The number of rotatable bonds is 7. The van der Waals surface area contributed by atoms with Gasteiger partial charge in [-0.3, -0.25) is 9.52 Å². The van der Waals surface area contributed by atoms with Gasteiger partial charge in [0.15, 0.2) is 0 Å². The number of aliphatic carboxylic acids is 1. The monoisotopic (exact) mass is 387 g/mol. The third-order valence-electron chi connectivity index (χ3n) is 4.73. The predicted molar refractivity (Wildman–Crippen MR) is 100 cm³/mol. The van der Waals surface area contributed by atoms with Gasteiger partial charge in [-0.1, -0.05) is 56.7 Å². The van der Waals surface area contributed by atoms with Gasteiger partial charge in [0.25, 0.3) is 0 Å². The zero-order valence-corrected chi connectivity index (χ0v) is 16.1. The summed E-state index contributed by atoms with van der Waals surface area (Å²) in [6.07, 6.45) is 10.3. The highest BCUT2D eigenvalue weighted by Crippen LogP contribution is 2.30. The molecule has 1 unspecified atom stereocenters. The summed E-state index contributed by atoms with van der Waals surface area (Å²) < 4.78 is 7.66. The molecule has 7 heteroatoms. The molecule has 25 heavy (non-hydrogen) atoms. The molecule has 140 valence electrons. The van der Waals surface area contributed by atoms with Gasteiger partial charge in [0.1, 0.15) is 11.9 Å². The zero-order chi connectivity index (χ0) is 18.2. The summed E-state index contributed by atoms with van der Waals surface area (Å²) in [7, 11) is 0. The smallest absolute Gasteiger partial charge is 0.417 e. The quantitative estimate of drug-likeness (QED) is 0.609. The second-order valence-electron chi connectivity index (χ2n) is 6.81. The fourth-order valence-electron chi connectivity index (χ4n) is 3.14. The lowest BCUT2D eigenvalue weighted by molar-refractivity contribution is -0.136. The molecule has 2 N–H and O–H groups in total. The Morgan fingerprint density at radius 1 is 1.40 bits per heavy atom. The van der Waals surface area contributed by atoms with E-state index in [9.17, 15) is 14.7 Å². The van der Waals surface area contributed by atoms with E-state index >= 15 is 0 Å². The Morgan fingerprint density at radius 3 is 2.76 bits per heavy atom. The first-order valence-corrected chi connectivity index (χ1v) is 10.1. The number of carbonyl (C=O) groups excluding carboxylic acids is 1. The molecular weight excluding hydrogens is 362 g/mol. The fourth-order valence-corrected chi connectivity index (χ4v) is 4.14. The second kappa shape index (κ2) is 10.1. The summed E-state index contributed by atoms with van der Waals surface area (Å²) in [6, 6.07) is 0. The molecule has 1 fully saturated rings. The number of carboxylic acid groups (broad SMARTS) is 1. The average Bonchev–Trinajstić information content (AvgIpc) is 2.60. The first kappa shape index (κ1) is 20.2. The third kappa shape index (κ3) is 6.94. The van der Waals surface area contributed by atoms with Gasteiger partial charge in [-0.05, 0) is 48.3 Å². The summed E-state index contributed by atoms with van der Waals surface area (Å²) in [5.41, 5.74) is 0.861. The molecule has 0 aromatic carbocycles. The van der Waals surface area contributed by atoms with Gasteiger partial charge in [0.05, 0.1) is 0 Å². The van der Waals surface area contributed by atoms with Crippen molar-refractivity contribution in [3.8, 4) is 0 Å². The number of allylic oxidation sites excluding steroid dienone is 2. The van der Waals surface area contributed by atoms with Crippen molar-refractivity contribution in [2.75, 3.05) is 6.61 Å². The van der Waals surface area contributed by atoms with E-state index < -0.39 is 17.3 Å². The number of carboxylic acids is 1. The lowest BCUT2D eigenvalue weighted by Crippen LogP contribution is -2.28. The maximum atomic E-state index is 11.8. The van der Waals surface area contributed by atoms with E-state index in [2.05, 4.69) is 4.72 Å². The van der Waals surface area contributed by atoms with E-state index in [1.807, 2.05) is 19.1 Å². The molecular formula is C18H26ClNO4S. The zero-order valence-electron chi connectivity index (χ0n) is 14.5. The Kier molecular flexibility index (Phi) is 8.16. The van der Waals surface area contributed by atoms with Crippen LogP contribution in [0, 0.1) is 11.8 Å². The summed E-state index contributed by atoms with van der Waals surface area (Å²) in [5, 5.41) is 9.48. The Labute approximate surface area is 158 Å². The van der Waals surface area contributed by atoms with E-state index in [1.165, 1.54) is 19.3 Å². The van der Waals surface area contributed by atoms with Gasteiger partial charge in [0.2, 0.25) is 0 Å². The maximum Gasteiger partial charge on any atom is 0.417 e. The lowest BCUT2D eigenvalue weighted by atomic mass is 9.86. The van der Waals surface area contributed by atoms with E-state index in [0.29, 0.717) is 18.3 Å². The SMILES string of the molecule is CC1CC=C(COC(=O)NS[C@@H](CC2CCCCC2)C(=O)O)C=C1Cl. The lowest BCUT2D eigenvalue weighted by Gasteiger charge is -2.24. The summed E-state index contributed by atoms with van der Waals surface area (Å²) in [6.45, 7) is 2.17. The molecule has 0 aromatic rings. The topological polar surface area (TPSA) is 75.6 Å². The molecule has 2 atom stereocenters. The molecule has 0 aromatic heterocycles. The molecule has 0 spiro atoms. The summed E-state index contributed by atoms with van der Waals surface area (Å²) in [5.74, 6) is -0.165. The van der Waals surface area contributed by atoms with Crippen LogP contribution in [-0.2, 0) is 9.53 Å². The predicted octanol–water partition coefficient (Wildman–Crippen LogP) is 4.87. The highest BCUT2D eigenvalue weighted by atomic mass is 35.5. The minimum absolute atomic E-state index is 0.135. The standard InChI is InChI=1S/C18H26ClNO4S/c1-12-7-8-14(9-15(12)19)11-24-18(23)20-25-16(17(21)22)10-13-5-3-2-4-6-13/h8-9,12-13,16H,2-7,10-11H2,1H3,(H,20,23)(H,21,22)/t12?,16-/m0/s1. The van der Waals surface area contributed by atoms with Crippen LogP contribution < -0.4 is 4.72 Å². The first-order chi connectivity index (χ1) is 12.0. The fraction of sp³-hybridized carbons (Fsp3) is 0.667. The number of nitrogens with one attached hydrogen (secondary N) is 1. The van der Waals surface area contributed by atoms with Crippen molar-refractivity contribution in [2.24, 2.45) is 11.8 Å². The number of hydrogen-bond acceptors (Lipinski definition) is 4. The van der Waals surface area contributed by atoms with Crippen molar-refractivity contribution in [3.05, 3.63) is 22.8 Å². The van der Waals surface area contributed by atoms with Crippen LogP contribution in [0.3, 0.4) is 0 Å². The molecule has 0 saturated heterocycles. The molecule has 0 radical (unpaired) electrons. The van der Waals surface area contributed by atoms with E-state index in [-0.39, 0.29) is 6.61 Å². The Bertz CT molecular complexity index is 543. The van der Waals surface area contributed by atoms with E-state index in [1.54, 1.807) is 0 Å². The summed E-state index contributed by atoms with van der Waals surface area (Å²) >= 11 is 7.04. The molecule has 1 amide bonds. The van der Waals surface area contributed by atoms with Crippen molar-refractivity contribution in [1.82, 2.24) is 4.72 Å². The molecule has 2 aliphatic rings. The van der Waals surface area contributed by atoms with Gasteiger partial charge < -0.3 is 9.84 Å². The maximum absolute atomic E-state index is 11.8. The number of amides is 1. The van der Waals surface area contributed by atoms with Gasteiger partial charge in [-0.15, -0.1) is 0 Å². The minimum Gasteiger partial charge on any atom is -0.480 e.